The van der Waals surface area contributed by atoms with E-state index in [4.69, 9.17) is 4.74 Å². The maximum absolute atomic E-state index is 12.9. The van der Waals surface area contributed by atoms with E-state index in [1.54, 1.807) is 30.3 Å². The van der Waals surface area contributed by atoms with Gasteiger partial charge < -0.3 is 14.9 Å². The van der Waals surface area contributed by atoms with Crippen LogP contribution in [-0.2, 0) is 6.18 Å². The molecule has 0 spiro atoms. The number of alkyl halides is 3. The summed E-state index contributed by atoms with van der Waals surface area (Å²) in [5.41, 5.74) is 0.447. The highest BCUT2D eigenvalue weighted by atomic mass is 19.4. The Bertz CT molecular complexity index is 764. The molecule has 152 valence electrons. The summed E-state index contributed by atoms with van der Waals surface area (Å²) >= 11 is 0. The van der Waals surface area contributed by atoms with E-state index in [9.17, 15) is 23.4 Å². The van der Waals surface area contributed by atoms with Crippen LogP contribution in [0.25, 0.3) is 11.1 Å². The summed E-state index contributed by atoms with van der Waals surface area (Å²) in [6, 6.07) is 11.9. The first-order valence-corrected chi connectivity index (χ1v) is 9.30. The van der Waals surface area contributed by atoms with Crippen LogP contribution >= 0.6 is 0 Å². The molecule has 4 nitrogen and oxygen atoms in total. The SMILES string of the molecule is OC1CCCN(CC(O)COc2ccc(-c3cccc(C(F)(F)F)c3)cc2)C1. The van der Waals surface area contributed by atoms with E-state index in [0.717, 1.165) is 31.5 Å². The Morgan fingerprint density at radius 1 is 1.11 bits per heavy atom. The van der Waals surface area contributed by atoms with Crippen molar-refractivity contribution in [2.24, 2.45) is 0 Å². The van der Waals surface area contributed by atoms with Crippen molar-refractivity contribution in [1.82, 2.24) is 4.90 Å². The zero-order chi connectivity index (χ0) is 20.1. The standard InChI is InChI=1S/C21H24F3NO3/c22-21(23,24)17-4-1-3-16(11-17)15-6-8-20(9-7-15)28-14-19(27)13-25-10-2-5-18(26)12-25/h1,3-4,6-9,11,18-19,26-27H,2,5,10,12-14H2. The third kappa shape index (κ3) is 5.70. The minimum atomic E-state index is -4.38. The third-order valence-corrected chi connectivity index (χ3v) is 4.77. The van der Waals surface area contributed by atoms with Gasteiger partial charge >= 0.3 is 6.18 Å². The van der Waals surface area contributed by atoms with Gasteiger partial charge in [0.1, 0.15) is 18.5 Å². The first-order chi connectivity index (χ1) is 13.3. The number of ether oxygens (including phenoxy) is 1. The molecule has 1 aliphatic heterocycles. The van der Waals surface area contributed by atoms with Crippen molar-refractivity contribution in [3.05, 3.63) is 54.1 Å². The van der Waals surface area contributed by atoms with Crippen molar-refractivity contribution in [2.75, 3.05) is 26.2 Å². The van der Waals surface area contributed by atoms with Crippen LogP contribution in [0.1, 0.15) is 18.4 Å². The van der Waals surface area contributed by atoms with E-state index < -0.39 is 17.8 Å². The number of piperidine rings is 1. The van der Waals surface area contributed by atoms with Crippen molar-refractivity contribution in [3.8, 4) is 16.9 Å². The zero-order valence-electron chi connectivity index (χ0n) is 15.4. The van der Waals surface area contributed by atoms with Crippen LogP contribution in [0.2, 0.25) is 0 Å². The first kappa shape index (κ1) is 20.6. The molecule has 2 atom stereocenters. The van der Waals surface area contributed by atoms with E-state index in [2.05, 4.69) is 0 Å². The molecule has 7 heteroatoms. The minimum Gasteiger partial charge on any atom is -0.491 e. The molecule has 2 unspecified atom stereocenters. The molecule has 28 heavy (non-hydrogen) atoms. The normalized spacial score (nSPS) is 19.4. The molecule has 0 aliphatic carbocycles. The van der Waals surface area contributed by atoms with Gasteiger partial charge in [0.05, 0.1) is 11.7 Å². The van der Waals surface area contributed by atoms with Gasteiger partial charge in [-0.25, -0.2) is 0 Å². The van der Waals surface area contributed by atoms with Gasteiger partial charge in [-0.3, -0.25) is 4.90 Å². The first-order valence-electron chi connectivity index (χ1n) is 9.30. The summed E-state index contributed by atoms with van der Waals surface area (Å²) in [4.78, 5) is 2.01. The van der Waals surface area contributed by atoms with Gasteiger partial charge in [0.15, 0.2) is 0 Å². The van der Waals surface area contributed by atoms with E-state index in [1.165, 1.54) is 6.07 Å². The van der Waals surface area contributed by atoms with Crippen LogP contribution in [0, 0.1) is 0 Å². The molecule has 2 aromatic carbocycles. The fourth-order valence-electron chi connectivity index (χ4n) is 3.36. The number of likely N-dealkylation sites (tertiary alicyclic amines) is 1. The fraction of sp³-hybridized carbons (Fsp3) is 0.429. The number of benzene rings is 2. The predicted molar refractivity (Wildman–Crippen MR) is 100 cm³/mol. The highest BCUT2D eigenvalue weighted by Crippen LogP contribution is 2.32. The van der Waals surface area contributed by atoms with Crippen molar-refractivity contribution >= 4 is 0 Å². The summed E-state index contributed by atoms with van der Waals surface area (Å²) in [5.74, 6) is 0.536. The second-order valence-corrected chi connectivity index (χ2v) is 7.12. The number of rotatable bonds is 6. The van der Waals surface area contributed by atoms with Gasteiger partial charge in [-0.1, -0.05) is 24.3 Å². The molecule has 1 heterocycles. The highest BCUT2D eigenvalue weighted by Gasteiger charge is 2.30. The molecule has 1 fully saturated rings. The molecular formula is C21H24F3NO3. The van der Waals surface area contributed by atoms with Gasteiger partial charge in [0.25, 0.3) is 0 Å². The van der Waals surface area contributed by atoms with E-state index in [1.807, 2.05) is 4.90 Å². The number of nitrogens with zero attached hydrogens (tertiary/aromatic N) is 1. The number of hydrogen-bond donors (Lipinski definition) is 2. The maximum atomic E-state index is 12.9. The summed E-state index contributed by atoms with van der Waals surface area (Å²) < 4.78 is 44.1. The third-order valence-electron chi connectivity index (χ3n) is 4.77. The minimum absolute atomic E-state index is 0.107. The van der Waals surface area contributed by atoms with E-state index in [0.29, 0.717) is 30.0 Å². The van der Waals surface area contributed by atoms with Crippen molar-refractivity contribution in [3.63, 3.8) is 0 Å². The van der Waals surface area contributed by atoms with Gasteiger partial charge in [0, 0.05) is 13.1 Å². The molecule has 2 aromatic rings. The largest absolute Gasteiger partial charge is 0.491 e. The van der Waals surface area contributed by atoms with Crippen molar-refractivity contribution in [1.29, 1.82) is 0 Å². The summed E-state index contributed by atoms with van der Waals surface area (Å²) in [5, 5.41) is 19.8. The molecule has 0 amide bonds. The molecule has 1 aliphatic rings. The van der Waals surface area contributed by atoms with Crippen LogP contribution in [0.15, 0.2) is 48.5 Å². The average Bonchev–Trinajstić information content (AvgIpc) is 2.66. The lowest BCUT2D eigenvalue weighted by atomic mass is 10.0. The Kier molecular flexibility index (Phi) is 6.59. The number of aliphatic hydroxyl groups is 2. The highest BCUT2D eigenvalue weighted by molar-refractivity contribution is 5.65. The van der Waals surface area contributed by atoms with E-state index in [-0.39, 0.29) is 12.7 Å². The quantitative estimate of drug-likeness (QED) is 0.785. The predicted octanol–water partition coefficient (Wildman–Crippen LogP) is 3.57. The Hall–Kier alpha value is -2.09. The molecule has 1 saturated heterocycles. The van der Waals surface area contributed by atoms with Crippen LogP contribution in [0.4, 0.5) is 13.2 Å². The van der Waals surface area contributed by atoms with Crippen molar-refractivity contribution in [2.45, 2.75) is 31.2 Å². The summed E-state index contributed by atoms with van der Waals surface area (Å²) in [6.07, 6.45) is -3.70. The maximum Gasteiger partial charge on any atom is 0.416 e. The summed E-state index contributed by atoms with van der Waals surface area (Å²) in [7, 11) is 0. The number of halogens is 3. The fourth-order valence-corrected chi connectivity index (χ4v) is 3.36. The second kappa shape index (κ2) is 8.94. The lowest BCUT2D eigenvalue weighted by Gasteiger charge is -2.31. The Morgan fingerprint density at radius 2 is 1.86 bits per heavy atom. The molecule has 2 N–H and O–H groups in total. The van der Waals surface area contributed by atoms with Crippen molar-refractivity contribution < 1.29 is 28.1 Å². The number of hydrogen-bond acceptors (Lipinski definition) is 4. The molecular weight excluding hydrogens is 371 g/mol. The van der Waals surface area contributed by atoms with Gasteiger partial charge in [-0.2, -0.15) is 13.2 Å². The number of β-amino-alcohol motifs (C(OH)–C–C–N with tert-alkyl or cyclic N) is 2. The van der Waals surface area contributed by atoms with Gasteiger partial charge in [0.2, 0.25) is 0 Å². The summed E-state index contributed by atoms with van der Waals surface area (Å²) in [6.45, 7) is 1.94. The lowest BCUT2D eigenvalue weighted by molar-refractivity contribution is -0.137. The van der Waals surface area contributed by atoms with Crippen LogP contribution in [0.5, 0.6) is 5.75 Å². The van der Waals surface area contributed by atoms with E-state index >= 15 is 0 Å². The van der Waals surface area contributed by atoms with Crippen LogP contribution in [-0.4, -0.2) is 53.6 Å². The molecule has 0 aromatic heterocycles. The topological polar surface area (TPSA) is 52.9 Å². The second-order valence-electron chi connectivity index (χ2n) is 7.12. The molecule has 0 bridgehead atoms. The lowest BCUT2D eigenvalue weighted by Crippen LogP contribution is -2.43. The smallest absolute Gasteiger partial charge is 0.416 e. The molecule has 3 rings (SSSR count). The Morgan fingerprint density at radius 3 is 2.54 bits per heavy atom. The molecule has 0 saturated carbocycles. The monoisotopic (exact) mass is 395 g/mol. The Labute approximate surface area is 162 Å². The van der Waals surface area contributed by atoms with Gasteiger partial charge in [-0.15, -0.1) is 0 Å². The molecule has 0 radical (unpaired) electrons. The van der Waals surface area contributed by atoms with Gasteiger partial charge in [-0.05, 0) is 54.8 Å². The number of aliphatic hydroxyl groups excluding tert-OH is 2. The van der Waals surface area contributed by atoms with Crippen LogP contribution in [0.3, 0.4) is 0 Å². The Balaban J connectivity index is 1.54. The van der Waals surface area contributed by atoms with Crippen LogP contribution < -0.4 is 4.74 Å². The average molecular weight is 395 g/mol. The zero-order valence-corrected chi connectivity index (χ0v) is 15.4.